The average molecular weight is 423 g/mol. The molecule has 4 heterocycles. The van der Waals surface area contributed by atoms with E-state index >= 15 is 0 Å². The Morgan fingerprint density at radius 2 is 1.81 bits per heavy atom. The molecule has 164 valence electrons. The SMILES string of the molecule is Cn1ccnc(N2CCC(OCC#CCN3CCN(c4ccccn4)CC3)CC2)c1=O. The van der Waals surface area contributed by atoms with Crippen LogP contribution in [0.3, 0.4) is 0 Å². The molecule has 2 aliphatic heterocycles. The van der Waals surface area contributed by atoms with Crippen LogP contribution in [-0.4, -0.2) is 78.0 Å². The molecule has 0 aliphatic carbocycles. The number of nitrogens with zero attached hydrogens (tertiary/aromatic N) is 6. The van der Waals surface area contributed by atoms with Gasteiger partial charge in [-0.3, -0.25) is 9.69 Å². The third-order valence-electron chi connectivity index (χ3n) is 5.90. The topological polar surface area (TPSA) is 66.7 Å². The molecule has 0 atom stereocenters. The first kappa shape index (κ1) is 21.3. The minimum atomic E-state index is -0.0476. The quantitative estimate of drug-likeness (QED) is 0.666. The summed E-state index contributed by atoms with van der Waals surface area (Å²) in [5, 5.41) is 0. The van der Waals surface area contributed by atoms with E-state index in [1.165, 1.54) is 0 Å². The highest BCUT2D eigenvalue weighted by Crippen LogP contribution is 2.17. The summed E-state index contributed by atoms with van der Waals surface area (Å²) in [6.45, 7) is 6.76. The van der Waals surface area contributed by atoms with E-state index < -0.39 is 0 Å². The van der Waals surface area contributed by atoms with Gasteiger partial charge >= 0.3 is 0 Å². The third-order valence-corrected chi connectivity index (χ3v) is 5.90. The zero-order chi connectivity index (χ0) is 21.5. The number of ether oxygens (including phenoxy) is 1. The van der Waals surface area contributed by atoms with E-state index in [0.717, 1.165) is 64.5 Å². The molecule has 0 N–H and O–H groups in total. The van der Waals surface area contributed by atoms with Crippen molar-refractivity contribution in [1.82, 2.24) is 19.4 Å². The highest BCUT2D eigenvalue weighted by atomic mass is 16.5. The van der Waals surface area contributed by atoms with Gasteiger partial charge in [0.15, 0.2) is 5.82 Å². The van der Waals surface area contributed by atoms with Crippen LogP contribution in [0.4, 0.5) is 11.6 Å². The molecule has 2 saturated heterocycles. The van der Waals surface area contributed by atoms with Crippen molar-refractivity contribution < 1.29 is 4.74 Å². The summed E-state index contributed by atoms with van der Waals surface area (Å²) < 4.78 is 7.51. The second-order valence-corrected chi connectivity index (χ2v) is 7.97. The monoisotopic (exact) mass is 422 g/mol. The van der Waals surface area contributed by atoms with E-state index in [-0.39, 0.29) is 11.7 Å². The van der Waals surface area contributed by atoms with Crippen molar-refractivity contribution in [2.24, 2.45) is 7.05 Å². The lowest BCUT2D eigenvalue weighted by Gasteiger charge is -2.34. The molecular weight excluding hydrogens is 392 g/mol. The summed E-state index contributed by atoms with van der Waals surface area (Å²) in [6, 6.07) is 6.04. The second-order valence-electron chi connectivity index (χ2n) is 7.97. The van der Waals surface area contributed by atoms with Crippen molar-refractivity contribution in [1.29, 1.82) is 0 Å². The Hall–Kier alpha value is -2.89. The second kappa shape index (κ2) is 10.4. The predicted octanol–water partition coefficient (Wildman–Crippen LogP) is 0.986. The maximum Gasteiger partial charge on any atom is 0.293 e. The van der Waals surface area contributed by atoms with Crippen LogP contribution in [-0.2, 0) is 11.8 Å². The first-order valence-corrected chi connectivity index (χ1v) is 10.9. The number of hydrogen-bond donors (Lipinski definition) is 0. The Labute approximate surface area is 183 Å². The van der Waals surface area contributed by atoms with E-state index in [2.05, 4.69) is 42.6 Å². The molecule has 8 nitrogen and oxygen atoms in total. The molecule has 0 saturated carbocycles. The Kier molecular flexibility index (Phi) is 7.18. The Bertz CT molecular complexity index is 951. The summed E-state index contributed by atoms with van der Waals surface area (Å²) in [4.78, 5) is 27.6. The number of pyridine rings is 1. The lowest BCUT2D eigenvalue weighted by Crippen LogP contribution is -2.46. The normalized spacial score (nSPS) is 18.0. The van der Waals surface area contributed by atoms with Crippen LogP contribution in [0.5, 0.6) is 0 Å². The molecule has 2 aliphatic rings. The molecule has 0 amide bonds. The molecule has 2 aromatic heterocycles. The molecule has 8 heteroatoms. The van der Waals surface area contributed by atoms with E-state index in [1.807, 2.05) is 18.3 Å². The standard InChI is InChI=1S/C23H30N6O2/c1-26-14-10-25-22(23(26)30)29-12-7-20(8-13-29)31-19-5-4-11-27-15-17-28(18-16-27)21-6-2-3-9-24-21/h2-3,6,9-10,14,20H,7-8,11-13,15-19H2,1H3. The Morgan fingerprint density at radius 3 is 2.55 bits per heavy atom. The van der Waals surface area contributed by atoms with Crippen molar-refractivity contribution in [3.63, 3.8) is 0 Å². The molecule has 2 aromatic rings. The number of aromatic nitrogens is 3. The number of rotatable bonds is 5. The van der Waals surface area contributed by atoms with Crippen molar-refractivity contribution in [2.75, 3.05) is 62.2 Å². The minimum Gasteiger partial charge on any atom is -0.365 e. The highest BCUT2D eigenvalue weighted by molar-refractivity contribution is 5.38. The van der Waals surface area contributed by atoms with Gasteiger partial charge in [-0.25, -0.2) is 9.97 Å². The zero-order valence-corrected chi connectivity index (χ0v) is 18.1. The van der Waals surface area contributed by atoms with Gasteiger partial charge in [-0.05, 0) is 25.0 Å². The van der Waals surface area contributed by atoms with Crippen molar-refractivity contribution in [2.45, 2.75) is 18.9 Å². The summed E-state index contributed by atoms with van der Waals surface area (Å²) in [6.07, 6.45) is 7.17. The maximum absolute atomic E-state index is 12.2. The summed E-state index contributed by atoms with van der Waals surface area (Å²) in [7, 11) is 1.75. The van der Waals surface area contributed by atoms with Gasteiger partial charge in [0.05, 0.1) is 12.6 Å². The number of hydrogen-bond acceptors (Lipinski definition) is 7. The van der Waals surface area contributed by atoms with Crippen molar-refractivity contribution in [3.8, 4) is 11.8 Å². The highest BCUT2D eigenvalue weighted by Gasteiger charge is 2.22. The molecule has 31 heavy (non-hydrogen) atoms. The van der Waals surface area contributed by atoms with Gasteiger partial charge in [0.25, 0.3) is 5.56 Å². The fraction of sp³-hybridized carbons (Fsp3) is 0.522. The molecule has 0 spiro atoms. The van der Waals surface area contributed by atoms with Crippen LogP contribution in [0.15, 0.2) is 41.6 Å². The zero-order valence-electron chi connectivity index (χ0n) is 18.1. The lowest BCUT2D eigenvalue weighted by molar-refractivity contribution is 0.0593. The van der Waals surface area contributed by atoms with Crippen LogP contribution in [0.25, 0.3) is 0 Å². The number of piperidine rings is 1. The van der Waals surface area contributed by atoms with Gasteiger partial charge in [-0.15, -0.1) is 0 Å². The van der Waals surface area contributed by atoms with Crippen molar-refractivity contribution in [3.05, 3.63) is 47.1 Å². The van der Waals surface area contributed by atoms with Crippen LogP contribution >= 0.6 is 0 Å². The van der Waals surface area contributed by atoms with Crippen LogP contribution < -0.4 is 15.4 Å². The van der Waals surface area contributed by atoms with Crippen LogP contribution in [0.2, 0.25) is 0 Å². The summed E-state index contributed by atoms with van der Waals surface area (Å²) in [5.74, 6) is 8.00. The Balaban J connectivity index is 1.13. The number of anilines is 2. The fourth-order valence-electron chi connectivity index (χ4n) is 3.99. The maximum atomic E-state index is 12.2. The third kappa shape index (κ3) is 5.63. The van der Waals surface area contributed by atoms with Crippen molar-refractivity contribution >= 4 is 11.6 Å². The van der Waals surface area contributed by atoms with Crippen LogP contribution in [0.1, 0.15) is 12.8 Å². The molecule has 0 aromatic carbocycles. The van der Waals surface area contributed by atoms with E-state index in [4.69, 9.17) is 4.74 Å². The number of piperazine rings is 1. The molecule has 0 radical (unpaired) electrons. The Morgan fingerprint density at radius 1 is 1.00 bits per heavy atom. The van der Waals surface area contributed by atoms with Gasteiger partial charge in [0.1, 0.15) is 12.4 Å². The van der Waals surface area contributed by atoms with Gasteiger partial charge in [0.2, 0.25) is 0 Å². The van der Waals surface area contributed by atoms with Gasteiger partial charge in [0, 0.05) is 64.9 Å². The lowest BCUT2D eigenvalue weighted by atomic mass is 10.1. The van der Waals surface area contributed by atoms with E-state index in [1.54, 1.807) is 24.0 Å². The first-order valence-electron chi connectivity index (χ1n) is 10.9. The first-order chi connectivity index (χ1) is 15.2. The molecule has 4 rings (SSSR count). The number of aryl methyl sites for hydroxylation is 1. The summed E-state index contributed by atoms with van der Waals surface area (Å²) in [5.41, 5.74) is -0.0476. The molecular formula is C23H30N6O2. The molecule has 0 bridgehead atoms. The molecule has 0 unspecified atom stereocenters. The van der Waals surface area contributed by atoms with Gasteiger partial charge < -0.3 is 19.1 Å². The molecule has 2 fully saturated rings. The fourth-order valence-corrected chi connectivity index (χ4v) is 3.99. The average Bonchev–Trinajstić information content (AvgIpc) is 2.82. The smallest absolute Gasteiger partial charge is 0.293 e. The van der Waals surface area contributed by atoms with Gasteiger partial charge in [-0.2, -0.15) is 0 Å². The van der Waals surface area contributed by atoms with E-state index in [9.17, 15) is 4.79 Å². The predicted molar refractivity (Wildman–Crippen MR) is 121 cm³/mol. The largest absolute Gasteiger partial charge is 0.365 e. The van der Waals surface area contributed by atoms with Crippen LogP contribution in [0, 0.1) is 11.8 Å². The van der Waals surface area contributed by atoms with E-state index in [0.29, 0.717) is 12.4 Å². The van der Waals surface area contributed by atoms with Gasteiger partial charge in [-0.1, -0.05) is 17.9 Å². The minimum absolute atomic E-state index is 0.0476. The summed E-state index contributed by atoms with van der Waals surface area (Å²) >= 11 is 0.